The number of hydrogen-bond acceptors (Lipinski definition) is 3. The lowest BCUT2D eigenvalue weighted by atomic mass is 10.2. The second kappa shape index (κ2) is 7.84. The fourth-order valence-corrected chi connectivity index (χ4v) is 2.76. The molecule has 2 nitrogen and oxygen atoms in total. The summed E-state index contributed by atoms with van der Waals surface area (Å²) in [5.41, 5.74) is 0.647. The average Bonchev–Trinajstić information content (AvgIpc) is 2.48. The van der Waals surface area contributed by atoms with Gasteiger partial charge in [-0.25, -0.2) is 0 Å². The smallest absolute Gasteiger partial charge is 0.119 e. The number of halogens is 1. The Hall–Kier alpha value is -1.63. The van der Waals surface area contributed by atoms with Gasteiger partial charge in [0.1, 0.15) is 5.75 Å². The highest BCUT2D eigenvalue weighted by Gasteiger charge is 1.97. The zero-order valence-corrected chi connectivity index (χ0v) is 12.5. The zero-order chi connectivity index (χ0) is 14.2. The van der Waals surface area contributed by atoms with Gasteiger partial charge in [0, 0.05) is 15.7 Å². The first kappa shape index (κ1) is 14.8. The first-order valence-electron chi connectivity index (χ1n) is 6.29. The van der Waals surface area contributed by atoms with E-state index in [1.165, 1.54) is 4.90 Å². The summed E-state index contributed by atoms with van der Waals surface area (Å²) in [7, 11) is 0. The Labute approximate surface area is 128 Å². The van der Waals surface area contributed by atoms with Crippen molar-refractivity contribution in [2.45, 2.75) is 11.3 Å². The fraction of sp³-hybridized carbons (Fsp3) is 0.188. The third kappa shape index (κ3) is 4.80. The molecule has 0 radical (unpaired) electrons. The monoisotopic (exact) mass is 303 g/mol. The molecule has 0 saturated carbocycles. The molecule has 2 aromatic carbocycles. The molecule has 4 heteroatoms. The molecule has 0 saturated heterocycles. The number of ether oxygens (including phenoxy) is 1. The molecule has 0 amide bonds. The van der Waals surface area contributed by atoms with Gasteiger partial charge < -0.3 is 4.74 Å². The van der Waals surface area contributed by atoms with Crippen LogP contribution in [0.3, 0.4) is 0 Å². The van der Waals surface area contributed by atoms with Gasteiger partial charge in [0.2, 0.25) is 0 Å². The zero-order valence-electron chi connectivity index (χ0n) is 10.9. The van der Waals surface area contributed by atoms with Gasteiger partial charge in [0.15, 0.2) is 0 Å². The fourth-order valence-electron chi connectivity index (χ4n) is 1.62. The van der Waals surface area contributed by atoms with Gasteiger partial charge in [0.05, 0.1) is 18.2 Å². The molecule has 0 spiro atoms. The molecule has 102 valence electrons. The summed E-state index contributed by atoms with van der Waals surface area (Å²) in [5.74, 6) is 1.79. The Kier molecular flexibility index (Phi) is 5.79. The predicted octanol–water partition coefficient (Wildman–Crippen LogP) is 4.77. The quantitative estimate of drug-likeness (QED) is 0.569. The topological polar surface area (TPSA) is 33.0 Å². The summed E-state index contributed by atoms with van der Waals surface area (Å²) in [4.78, 5) is 1.18. The van der Waals surface area contributed by atoms with E-state index in [1.54, 1.807) is 23.9 Å². The van der Waals surface area contributed by atoms with Crippen LogP contribution in [-0.2, 0) is 0 Å². The molecule has 0 heterocycles. The Balaban J connectivity index is 1.67. The summed E-state index contributed by atoms with van der Waals surface area (Å²) in [6.45, 7) is 0.666. The average molecular weight is 304 g/mol. The third-order valence-electron chi connectivity index (χ3n) is 2.61. The Morgan fingerprint density at radius 1 is 1.15 bits per heavy atom. The van der Waals surface area contributed by atoms with Crippen molar-refractivity contribution in [3.8, 4) is 11.8 Å². The summed E-state index contributed by atoms with van der Waals surface area (Å²) in [6.07, 6.45) is 0.956. The number of nitrogens with zero attached hydrogens (tertiary/aromatic N) is 1. The van der Waals surface area contributed by atoms with E-state index >= 15 is 0 Å². The minimum absolute atomic E-state index is 0.647. The molecule has 0 aliphatic heterocycles. The van der Waals surface area contributed by atoms with Crippen molar-refractivity contribution in [3.63, 3.8) is 0 Å². The van der Waals surface area contributed by atoms with Crippen molar-refractivity contribution in [2.75, 3.05) is 12.4 Å². The van der Waals surface area contributed by atoms with Crippen LogP contribution in [-0.4, -0.2) is 12.4 Å². The van der Waals surface area contributed by atoms with Gasteiger partial charge in [-0.1, -0.05) is 17.7 Å². The van der Waals surface area contributed by atoms with Crippen LogP contribution in [0.2, 0.25) is 5.02 Å². The van der Waals surface area contributed by atoms with Gasteiger partial charge in [-0.15, -0.1) is 11.8 Å². The maximum absolute atomic E-state index is 8.70. The van der Waals surface area contributed by atoms with Gasteiger partial charge >= 0.3 is 0 Å². The van der Waals surface area contributed by atoms with Crippen molar-refractivity contribution in [1.29, 1.82) is 5.26 Å². The Bertz CT molecular complexity index is 592. The molecule has 0 fully saturated rings. The highest BCUT2D eigenvalue weighted by molar-refractivity contribution is 7.99. The second-order valence-corrected chi connectivity index (χ2v) is 5.75. The molecular weight excluding hydrogens is 290 g/mol. The first-order chi connectivity index (χ1) is 9.78. The van der Waals surface area contributed by atoms with Crippen LogP contribution < -0.4 is 4.74 Å². The van der Waals surface area contributed by atoms with Crippen LogP contribution in [0.1, 0.15) is 12.0 Å². The lowest BCUT2D eigenvalue weighted by molar-refractivity contribution is 0.318. The summed E-state index contributed by atoms with van der Waals surface area (Å²) < 4.78 is 5.62. The minimum atomic E-state index is 0.647. The molecule has 0 bridgehead atoms. The van der Waals surface area contributed by atoms with Crippen molar-refractivity contribution < 1.29 is 4.74 Å². The molecule has 0 aliphatic rings. The number of thioether (sulfide) groups is 1. The highest BCUT2D eigenvalue weighted by Crippen LogP contribution is 2.22. The van der Waals surface area contributed by atoms with Crippen molar-refractivity contribution >= 4 is 23.4 Å². The molecule has 0 N–H and O–H groups in total. The normalized spacial score (nSPS) is 10.0. The van der Waals surface area contributed by atoms with E-state index in [2.05, 4.69) is 12.1 Å². The molecule has 0 atom stereocenters. The molecule has 0 aliphatic carbocycles. The largest absolute Gasteiger partial charge is 0.494 e. The number of benzene rings is 2. The number of rotatable bonds is 6. The molecule has 20 heavy (non-hydrogen) atoms. The summed E-state index contributed by atoms with van der Waals surface area (Å²) in [6, 6.07) is 17.1. The standard InChI is InChI=1S/C16H14ClNOS/c17-14-3-1-4-16(11-14)20-10-2-9-19-15-7-5-13(12-18)6-8-15/h1,3-8,11H,2,9-10H2. The van der Waals surface area contributed by atoms with Crippen molar-refractivity contribution in [1.82, 2.24) is 0 Å². The van der Waals surface area contributed by atoms with Gasteiger partial charge in [0.25, 0.3) is 0 Å². The van der Waals surface area contributed by atoms with E-state index in [1.807, 2.05) is 30.3 Å². The second-order valence-electron chi connectivity index (χ2n) is 4.14. The van der Waals surface area contributed by atoms with E-state index in [0.717, 1.165) is 22.9 Å². The summed E-state index contributed by atoms with van der Waals surface area (Å²) >= 11 is 7.70. The minimum Gasteiger partial charge on any atom is -0.494 e. The number of hydrogen-bond donors (Lipinski definition) is 0. The molecule has 0 aromatic heterocycles. The SMILES string of the molecule is N#Cc1ccc(OCCCSc2cccc(Cl)c2)cc1. The van der Waals surface area contributed by atoms with Crippen LogP contribution in [0.15, 0.2) is 53.4 Å². The van der Waals surface area contributed by atoms with Crippen molar-refractivity contribution in [3.05, 3.63) is 59.1 Å². The van der Waals surface area contributed by atoms with E-state index < -0.39 is 0 Å². The van der Waals surface area contributed by atoms with Crippen LogP contribution in [0.5, 0.6) is 5.75 Å². The van der Waals surface area contributed by atoms with Crippen molar-refractivity contribution in [2.24, 2.45) is 0 Å². The van der Waals surface area contributed by atoms with Gasteiger partial charge in [-0.05, 0) is 48.9 Å². The maximum Gasteiger partial charge on any atom is 0.119 e. The molecule has 2 rings (SSSR count). The predicted molar refractivity (Wildman–Crippen MR) is 83.4 cm³/mol. The van der Waals surface area contributed by atoms with E-state index in [9.17, 15) is 0 Å². The molecular formula is C16H14ClNOS. The van der Waals surface area contributed by atoms with E-state index in [4.69, 9.17) is 21.6 Å². The Morgan fingerprint density at radius 2 is 1.95 bits per heavy atom. The van der Waals surface area contributed by atoms with Crippen LogP contribution >= 0.6 is 23.4 Å². The maximum atomic E-state index is 8.70. The van der Waals surface area contributed by atoms with E-state index in [0.29, 0.717) is 12.2 Å². The van der Waals surface area contributed by atoms with Gasteiger partial charge in [-0.3, -0.25) is 0 Å². The Morgan fingerprint density at radius 3 is 2.65 bits per heavy atom. The highest BCUT2D eigenvalue weighted by atomic mass is 35.5. The van der Waals surface area contributed by atoms with Crippen LogP contribution in [0.25, 0.3) is 0 Å². The lowest BCUT2D eigenvalue weighted by Gasteiger charge is -2.06. The van der Waals surface area contributed by atoms with Crippen LogP contribution in [0, 0.1) is 11.3 Å². The van der Waals surface area contributed by atoms with Crippen LogP contribution in [0.4, 0.5) is 0 Å². The molecule has 2 aromatic rings. The van der Waals surface area contributed by atoms with E-state index in [-0.39, 0.29) is 0 Å². The first-order valence-corrected chi connectivity index (χ1v) is 7.65. The third-order valence-corrected chi connectivity index (χ3v) is 3.92. The molecule has 0 unspecified atom stereocenters. The number of nitriles is 1. The lowest BCUT2D eigenvalue weighted by Crippen LogP contribution is -1.98. The summed E-state index contributed by atoms with van der Waals surface area (Å²) in [5, 5.41) is 9.47. The van der Waals surface area contributed by atoms with Gasteiger partial charge in [-0.2, -0.15) is 5.26 Å².